The third kappa shape index (κ3) is 3.81. The molecule has 0 atom stereocenters. The van der Waals surface area contributed by atoms with E-state index in [2.05, 4.69) is 5.32 Å². The van der Waals surface area contributed by atoms with Crippen LogP contribution in [0.4, 0.5) is 11.4 Å². The number of hydrogen-bond donors (Lipinski definition) is 1. The Bertz CT molecular complexity index is 1110. The van der Waals surface area contributed by atoms with Gasteiger partial charge in [0.2, 0.25) is 5.76 Å². The Balaban J connectivity index is 1.71. The summed E-state index contributed by atoms with van der Waals surface area (Å²) in [5.74, 6) is -1.56. The first kappa shape index (κ1) is 19.4. The predicted molar refractivity (Wildman–Crippen MR) is 103 cm³/mol. The fourth-order valence-corrected chi connectivity index (χ4v) is 2.90. The van der Waals surface area contributed by atoms with E-state index in [-0.39, 0.29) is 17.1 Å². The highest BCUT2D eigenvalue weighted by molar-refractivity contribution is 6.31. The Morgan fingerprint density at radius 1 is 1.25 bits per heavy atom. The topological polar surface area (TPSA) is 112 Å². The number of carbonyl (C=O) groups excluding carboxylic acids is 2. The number of fused-ring (bicyclic) bond motifs is 1. The van der Waals surface area contributed by atoms with Crippen molar-refractivity contribution >= 4 is 45.8 Å². The van der Waals surface area contributed by atoms with Gasteiger partial charge >= 0.3 is 5.97 Å². The van der Waals surface area contributed by atoms with Crippen LogP contribution in [-0.4, -0.2) is 23.4 Å². The maximum absolute atomic E-state index is 12.3. The zero-order valence-corrected chi connectivity index (χ0v) is 15.7. The van der Waals surface area contributed by atoms with E-state index in [9.17, 15) is 19.7 Å². The number of nitro benzene ring substituents is 1. The number of para-hydroxylation sites is 1. The Labute approximate surface area is 164 Å². The molecule has 144 valence electrons. The van der Waals surface area contributed by atoms with Crippen LogP contribution < -0.4 is 5.32 Å². The molecule has 1 amide bonds. The quantitative estimate of drug-likeness (QED) is 0.384. The van der Waals surface area contributed by atoms with Crippen LogP contribution in [0.2, 0.25) is 5.02 Å². The third-order valence-corrected chi connectivity index (χ3v) is 4.36. The van der Waals surface area contributed by atoms with Crippen molar-refractivity contribution in [2.24, 2.45) is 0 Å². The van der Waals surface area contributed by atoms with Gasteiger partial charge in [-0.15, -0.1) is 0 Å². The van der Waals surface area contributed by atoms with Crippen molar-refractivity contribution < 1.29 is 23.7 Å². The first-order chi connectivity index (χ1) is 13.3. The van der Waals surface area contributed by atoms with Crippen LogP contribution in [0.1, 0.15) is 21.7 Å². The number of nitrogens with one attached hydrogen (secondary N) is 1. The summed E-state index contributed by atoms with van der Waals surface area (Å²) in [6.07, 6.45) is 0. The van der Waals surface area contributed by atoms with Gasteiger partial charge in [-0.25, -0.2) is 4.79 Å². The molecule has 0 spiro atoms. The highest BCUT2D eigenvalue weighted by Gasteiger charge is 2.22. The molecule has 28 heavy (non-hydrogen) atoms. The SMILES string of the molecule is Cc1cccc([N+](=O)[O-])c1NC(=O)COC(=O)c1oc2ccc(Cl)cc2c1C. The lowest BCUT2D eigenvalue weighted by Gasteiger charge is -2.09. The van der Waals surface area contributed by atoms with Gasteiger partial charge < -0.3 is 14.5 Å². The molecule has 1 aromatic heterocycles. The van der Waals surface area contributed by atoms with Crippen LogP contribution in [0.5, 0.6) is 0 Å². The number of esters is 1. The van der Waals surface area contributed by atoms with E-state index in [1.54, 1.807) is 38.1 Å². The number of furan rings is 1. The molecule has 0 radical (unpaired) electrons. The van der Waals surface area contributed by atoms with Gasteiger partial charge in [-0.3, -0.25) is 14.9 Å². The van der Waals surface area contributed by atoms with E-state index in [1.165, 1.54) is 12.1 Å². The Morgan fingerprint density at radius 2 is 2.00 bits per heavy atom. The van der Waals surface area contributed by atoms with E-state index in [0.717, 1.165) is 0 Å². The molecule has 0 aliphatic carbocycles. The number of hydrogen-bond acceptors (Lipinski definition) is 6. The smallest absolute Gasteiger partial charge is 0.375 e. The number of carbonyl (C=O) groups is 2. The van der Waals surface area contributed by atoms with Gasteiger partial charge in [-0.2, -0.15) is 0 Å². The van der Waals surface area contributed by atoms with Crippen LogP contribution in [-0.2, 0) is 9.53 Å². The number of nitro groups is 1. The average molecular weight is 403 g/mol. The van der Waals surface area contributed by atoms with Crippen LogP contribution in [0.3, 0.4) is 0 Å². The summed E-state index contributed by atoms with van der Waals surface area (Å²) in [4.78, 5) is 34.9. The predicted octanol–water partition coefficient (Wildman–Crippen LogP) is 4.41. The molecule has 3 aromatic rings. The highest BCUT2D eigenvalue weighted by Crippen LogP contribution is 2.29. The van der Waals surface area contributed by atoms with Crippen molar-refractivity contribution in [3.05, 3.63) is 68.4 Å². The summed E-state index contributed by atoms with van der Waals surface area (Å²) in [5, 5.41) is 14.7. The van der Waals surface area contributed by atoms with E-state index in [0.29, 0.717) is 27.1 Å². The number of aryl methyl sites for hydroxylation is 2. The van der Waals surface area contributed by atoms with Crippen LogP contribution in [0, 0.1) is 24.0 Å². The van der Waals surface area contributed by atoms with Gasteiger partial charge in [0.15, 0.2) is 6.61 Å². The molecule has 0 bridgehead atoms. The highest BCUT2D eigenvalue weighted by atomic mass is 35.5. The van der Waals surface area contributed by atoms with Gasteiger partial charge in [0.1, 0.15) is 11.3 Å². The lowest BCUT2D eigenvalue weighted by molar-refractivity contribution is -0.384. The summed E-state index contributed by atoms with van der Waals surface area (Å²) >= 11 is 5.95. The second kappa shape index (κ2) is 7.69. The van der Waals surface area contributed by atoms with Gasteiger partial charge in [0, 0.05) is 22.0 Å². The number of amides is 1. The molecule has 0 fully saturated rings. The lowest BCUT2D eigenvalue weighted by atomic mass is 10.1. The third-order valence-electron chi connectivity index (χ3n) is 4.13. The molecule has 0 unspecified atom stereocenters. The van der Waals surface area contributed by atoms with Crippen molar-refractivity contribution in [1.82, 2.24) is 0 Å². The Hall–Kier alpha value is -3.39. The van der Waals surface area contributed by atoms with Crippen molar-refractivity contribution in [2.45, 2.75) is 13.8 Å². The summed E-state index contributed by atoms with van der Waals surface area (Å²) in [5.41, 5.74) is 1.33. The zero-order chi connectivity index (χ0) is 20.4. The van der Waals surface area contributed by atoms with Gasteiger partial charge in [-0.05, 0) is 37.6 Å². The summed E-state index contributed by atoms with van der Waals surface area (Å²) in [6.45, 7) is 2.68. The van der Waals surface area contributed by atoms with Crippen LogP contribution >= 0.6 is 11.6 Å². The van der Waals surface area contributed by atoms with Crippen LogP contribution in [0.25, 0.3) is 11.0 Å². The normalized spacial score (nSPS) is 10.7. The molecular formula is C19H15ClN2O6. The van der Waals surface area contributed by atoms with Gasteiger partial charge in [-0.1, -0.05) is 23.7 Å². The number of anilines is 1. The Morgan fingerprint density at radius 3 is 2.71 bits per heavy atom. The number of nitrogens with zero attached hydrogens (tertiary/aromatic N) is 1. The van der Waals surface area contributed by atoms with Gasteiger partial charge in [0.25, 0.3) is 11.6 Å². The molecule has 3 rings (SSSR count). The maximum Gasteiger partial charge on any atom is 0.375 e. The molecular weight excluding hydrogens is 388 g/mol. The second-order valence-electron chi connectivity index (χ2n) is 6.05. The minimum Gasteiger partial charge on any atom is -0.450 e. The average Bonchev–Trinajstić information content (AvgIpc) is 2.97. The second-order valence-corrected chi connectivity index (χ2v) is 6.48. The summed E-state index contributed by atoms with van der Waals surface area (Å²) in [7, 11) is 0. The van der Waals surface area contributed by atoms with E-state index in [4.69, 9.17) is 20.8 Å². The lowest BCUT2D eigenvalue weighted by Crippen LogP contribution is -2.22. The summed E-state index contributed by atoms with van der Waals surface area (Å²) in [6, 6.07) is 9.33. The van der Waals surface area contributed by atoms with Crippen molar-refractivity contribution in [3.8, 4) is 0 Å². The van der Waals surface area contributed by atoms with Crippen molar-refractivity contribution in [1.29, 1.82) is 0 Å². The minimum atomic E-state index is -0.820. The first-order valence-electron chi connectivity index (χ1n) is 8.17. The number of benzene rings is 2. The zero-order valence-electron chi connectivity index (χ0n) is 14.9. The fraction of sp³-hybridized carbons (Fsp3) is 0.158. The maximum atomic E-state index is 12.3. The molecule has 0 aliphatic rings. The molecule has 2 aromatic carbocycles. The minimum absolute atomic E-state index is 0.0352. The molecule has 1 N–H and O–H groups in total. The monoisotopic (exact) mass is 402 g/mol. The molecule has 9 heteroatoms. The Kier molecular flexibility index (Phi) is 5.32. The van der Waals surface area contributed by atoms with Crippen molar-refractivity contribution in [2.75, 3.05) is 11.9 Å². The first-order valence-corrected chi connectivity index (χ1v) is 8.55. The van der Waals surface area contributed by atoms with Crippen LogP contribution in [0.15, 0.2) is 40.8 Å². The number of ether oxygens (including phenoxy) is 1. The standard InChI is InChI=1S/C19H15ClN2O6/c1-10-4-3-5-14(22(25)26)17(10)21-16(23)9-27-19(24)18-11(2)13-8-12(20)6-7-15(13)28-18/h3-8H,9H2,1-2H3,(H,21,23). The molecule has 0 saturated carbocycles. The van der Waals surface area contributed by atoms with E-state index >= 15 is 0 Å². The number of halogens is 1. The fourth-order valence-electron chi connectivity index (χ4n) is 2.73. The molecule has 1 heterocycles. The van der Waals surface area contributed by atoms with E-state index in [1.807, 2.05) is 0 Å². The number of rotatable bonds is 5. The molecule has 0 saturated heterocycles. The van der Waals surface area contributed by atoms with Crippen molar-refractivity contribution in [3.63, 3.8) is 0 Å². The largest absolute Gasteiger partial charge is 0.450 e. The van der Waals surface area contributed by atoms with E-state index < -0.39 is 23.4 Å². The summed E-state index contributed by atoms with van der Waals surface area (Å²) < 4.78 is 10.5. The molecule has 0 aliphatic heterocycles. The molecule has 8 nitrogen and oxygen atoms in total. The van der Waals surface area contributed by atoms with Gasteiger partial charge in [0.05, 0.1) is 4.92 Å².